The van der Waals surface area contributed by atoms with E-state index in [4.69, 9.17) is 16.3 Å². The highest BCUT2D eigenvalue weighted by Crippen LogP contribution is 2.31. The minimum absolute atomic E-state index is 0.0135. The number of nitrogens with zero attached hydrogens (tertiary/aromatic N) is 1. The number of carbonyl (C=O) groups excluding carboxylic acids is 1. The standard InChI is InChI=1S/C15H17ClFNO2/c16-10-4-3-5-11(17)14(10)15(19)18-8-9-20-13-7-2-1-6-12(13)18/h3-5,12-13H,1-2,6-9H2. The molecule has 1 heterocycles. The van der Waals surface area contributed by atoms with Gasteiger partial charge in [-0.15, -0.1) is 0 Å². The van der Waals surface area contributed by atoms with E-state index in [9.17, 15) is 9.18 Å². The molecule has 2 unspecified atom stereocenters. The molecule has 0 bridgehead atoms. The molecule has 108 valence electrons. The summed E-state index contributed by atoms with van der Waals surface area (Å²) >= 11 is 6.00. The molecule has 1 saturated heterocycles. The monoisotopic (exact) mass is 297 g/mol. The number of halogens is 2. The normalized spacial score (nSPS) is 26.2. The molecule has 3 nitrogen and oxygen atoms in total. The first kappa shape index (κ1) is 13.8. The molecule has 3 rings (SSSR count). The third-order valence-corrected chi connectivity index (χ3v) is 4.48. The van der Waals surface area contributed by atoms with Crippen LogP contribution in [0.2, 0.25) is 5.02 Å². The highest BCUT2D eigenvalue weighted by Gasteiger charge is 2.38. The van der Waals surface area contributed by atoms with Crippen molar-refractivity contribution in [3.8, 4) is 0 Å². The summed E-state index contributed by atoms with van der Waals surface area (Å²) in [6.45, 7) is 1.02. The van der Waals surface area contributed by atoms with E-state index in [1.165, 1.54) is 12.1 Å². The van der Waals surface area contributed by atoms with Crippen LogP contribution in [0.15, 0.2) is 18.2 Å². The molecule has 1 aliphatic carbocycles. The Morgan fingerprint density at radius 2 is 2.15 bits per heavy atom. The molecule has 2 atom stereocenters. The lowest BCUT2D eigenvalue weighted by Crippen LogP contribution is -2.55. The molecule has 1 aliphatic heterocycles. The minimum Gasteiger partial charge on any atom is -0.374 e. The summed E-state index contributed by atoms with van der Waals surface area (Å²) in [6.07, 6.45) is 4.19. The van der Waals surface area contributed by atoms with Gasteiger partial charge in [-0.1, -0.05) is 30.5 Å². The summed E-state index contributed by atoms with van der Waals surface area (Å²) in [5, 5.41) is 0.175. The van der Waals surface area contributed by atoms with E-state index < -0.39 is 5.82 Å². The second kappa shape index (κ2) is 5.70. The molecule has 0 aromatic heterocycles. The number of morpholine rings is 1. The predicted molar refractivity (Wildman–Crippen MR) is 74.4 cm³/mol. The topological polar surface area (TPSA) is 29.5 Å². The Balaban J connectivity index is 1.89. The Hall–Kier alpha value is -1.13. The Labute approximate surface area is 122 Å². The number of ether oxygens (including phenoxy) is 1. The SMILES string of the molecule is O=C(c1c(F)cccc1Cl)N1CCOC2CCCCC21. The molecule has 1 aromatic rings. The van der Waals surface area contributed by atoms with Gasteiger partial charge >= 0.3 is 0 Å². The third-order valence-electron chi connectivity index (χ3n) is 4.17. The first-order valence-corrected chi connectivity index (χ1v) is 7.43. The second-order valence-electron chi connectivity index (χ2n) is 5.36. The molecule has 0 spiro atoms. The molecule has 0 radical (unpaired) electrons. The molecule has 1 amide bonds. The van der Waals surface area contributed by atoms with E-state index in [2.05, 4.69) is 0 Å². The molecular weight excluding hydrogens is 281 g/mol. The Morgan fingerprint density at radius 3 is 2.95 bits per heavy atom. The van der Waals surface area contributed by atoms with Crippen molar-refractivity contribution < 1.29 is 13.9 Å². The Kier molecular flexibility index (Phi) is 3.94. The van der Waals surface area contributed by atoms with Crippen molar-refractivity contribution in [2.24, 2.45) is 0 Å². The van der Waals surface area contributed by atoms with Crippen LogP contribution in [-0.2, 0) is 4.74 Å². The van der Waals surface area contributed by atoms with Gasteiger partial charge in [0.1, 0.15) is 5.82 Å². The van der Waals surface area contributed by atoms with Gasteiger partial charge in [0.25, 0.3) is 5.91 Å². The first-order valence-electron chi connectivity index (χ1n) is 7.05. The fraction of sp³-hybridized carbons (Fsp3) is 0.533. The van der Waals surface area contributed by atoms with Gasteiger partial charge in [0, 0.05) is 6.54 Å². The zero-order chi connectivity index (χ0) is 14.1. The van der Waals surface area contributed by atoms with E-state index in [0.717, 1.165) is 25.7 Å². The minimum atomic E-state index is -0.554. The van der Waals surface area contributed by atoms with Gasteiger partial charge in [-0.25, -0.2) is 4.39 Å². The summed E-state index contributed by atoms with van der Waals surface area (Å²) < 4.78 is 19.7. The van der Waals surface area contributed by atoms with Crippen LogP contribution in [0.25, 0.3) is 0 Å². The lowest BCUT2D eigenvalue weighted by molar-refractivity contribution is -0.0753. The van der Waals surface area contributed by atoms with Gasteiger partial charge in [0.15, 0.2) is 0 Å². The molecule has 2 aliphatic rings. The maximum atomic E-state index is 13.9. The van der Waals surface area contributed by atoms with Crippen molar-refractivity contribution in [1.29, 1.82) is 0 Å². The molecule has 0 N–H and O–H groups in total. The van der Waals surface area contributed by atoms with Crippen LogP contribution in [0, 0.1) is 5.82 Å². The van der Waals surface area contributed by atoms with Crippen LogP contribution < -0.4 is 0 Å². The maximum absolute atomic E-state index is 13.9. The number of carbonyl (C=O) groups is 1. The van der Waals surface area contributed by atoms with Crippen LogP contribution in [0.5, 0.6) is 0 Å². The summed E-state index contributed by atoms with van der Waals surface area (Å²) in [7, 11) is 0. The third kappa shape index (κ3) is 2.42. The average molecular weight is 298 g/mol. The maximum Gasteiger partial charge on any atom is 0.258 e. The summed E-state index contributed by atoms with van der Waals surface area (Å²) in [6, 6.07) is 4.40. The van der Waals surface area contributed by atoms with Crippen molar-refractivity contribution in [2.45, 2.75) is 37.8 Å². The molecule has 2 fully saturated rings. The van der Waals surface area contributed by atoms with Gasteiger partial charge in [0.2, 0.25) is 0 Å². The predicted octanol–water partition coefficient (Wildman–Crippen LogP) is 3.26. The quantitative estimate of drug-likeness (QED) is 0.796. The van der Waals surface area contributed by atoms with Gasteiger partial charge in [-0.2, -0.15) is 0 Å². The molecule has 5 heteroatoms. The van der Waals surface area contributed by atoms with Crippen LogP contribution in [0.4, 0.5) is 4.39 Å². The van der Waals surface area contributed by atoms with E-state index in [1.54, 1.807) is 11.0 Å². The van der Waals surface area contributed by atoms with Gasteiger partial charge in [0.05, 0.1) is 29.3 Å². The highest BCUT2D eigenvalue weighted by molar-refractivity contribution is 6.33. The van der Waals surface area contributed by atoms with Crippen molar-refractivity contribution in [3.63, 3.8) is 0 Å². The summed E-state index contributed by atoms with van der Waals surface area (Å²) in [5.41, 5.74) is -0.0135. The number of fused-ring (bicyclic) bond motifs is 1. The van der Waals surface area contributed by atoms with Crippen LogP contribution >= 0.6 is 11.6 Å². The Morgan fingerprint density at radius 1 is 1.35 bits per heavy atom. The van der Waals surface area contributed by atoms with E-state index in [-0.39, 0.29) is 28.6 Å². The van der Waals surface area contributed by atoms with Crippen LogP contribution in [0.1, 0.15) is 36.0 Å². The summed E-state index contributed by atoms with van der Waals surface area (Å²) in [5.74, 6) is -0.866. The number of hydrogen-bond donors (Lipinski definition) is 0. The largest absolute Gasteiger partial charge is 0.374 e. The van der Waals surface area contributed by atoms with Crippen molar-refractivity contribution >= 4 is 17.5 Å². The number of amides is 1. The zero-order valence-corrected chi connectivity index (χ0v) is 11.9. The molecular formula is C15H17ClFNO2. The first-order chi connectivity index (χ1) is 9.68. The van der Waals surface area contributed by atoms with Crippen molar-refractivity contribution in [1.82, 2.24) is 4.90 Å². The van der Waals surface area contributed by atoms with Crippen molar-refractivity contribution in [3.05, 3.63) is 34.6 Å². The fourth-order valence-corrected chi connectivity index (χ4v) is 3.44. The average Bonchev–Trinajstić information content (AvgIpc) is 2.46. The van der Waals surface area contributed by atoms with E-state index in [1.807, 2.05) is 0 Å². The lowest BCUT2D eigenvalue weighted by atomic mass is 9.89. The number of benzene rings is 1. The second-order valence-corrected chi connectivity index (χ2v) is 5.76. The Bertz CT molecular complexity index is 500. The van der Waals surface area contributed by atoms with Gasteiger partial charge in [-0.3, -0.25) is 4.79 Å². The van der Waals surface area contributed by atoms with Crippen LogP contribution in [0.3, 0.4) is 0 Å². The fourth-order valence-electron chi connectivity index (χ4n) is 3.19. The number of rotatable bonds is 1. The van der Waals surface area contributed by atoms with Gasteiger partial charge < -0.3 is 9.64 Å². The van der Waals surface area contributed by atoms with E-state index >= 15 is 0 Å². The van der Waals surface area contributed by atoms with E-state index in [0.29, 0.717) is 13.2 Å². The molecule has 1 aromatic carbocycles. The smallest absolute Gasteiger partial charge is 0.258 e. The number of hydrogen-bond acceptors (Lipinski definition) is 2. The van der Waals surface area contributed by atoms with Crippen molar-refractivity contribution in [2.75, 3.05) is 13.2 Å². The highest BCUT2D eigenvalue weighted by atomic mass is 35.5. The van der Waals surface area contributed by atoms with Crippen LogP contribution in [-0.4, -0.2) is 36.1 Å². The van der Waals surface area contributed by atoms with Gasteiger partial charge in [-0.05, 0) is 25.0 Å². The lowest BCUT2D eigenvalue weighted by Gasteiger charge is -2.43. The zero-order valence-electron chi connectivity index (χ0n) is 11.1. The molecule has 1 saturated carbocycles. The summed E-state index contributed by atoms with van der Waals surface area (Å²) in [4.78, 5) is 14.4. The molecule has 20 heavy (non-hydrogen) atoms.